The topological polar surface area (TPSA) is 51.1 Å². The summed E-state index contributed by atoms with van der Waals surface area (Å²) in [7, 11) is 1.66. The van der Waals surface area contributed by atoms with Gasteiger partial charge in [-0.1, -0.05) is 60.5 Å². The highest BCUT2D eigenvalue weighted by molar-refractivity contribution is 6.03. The number of methoxy groups -OCH3 is 1. The van der Waals surface area contributed by atoms with Crippen LogP contribution >= 0.6 is 0 Å². The van der Waals surface area contributed by atoms with Gasteiger partial charge in [0.15, 0.2) is 6.10 Å². The molecule has 1 fully saturated rings. The van der Waals surface area contributed by atoms with Crippen LogP contribution in [0, 0.1) is 5.92 Å². The van der Waals surface area contributed by atoms with E-state index < -0.39 is 0 Å². The first-order chi connectivity index (χ1) is 14.2. The van der Waals surface area contributed by atoms with Crippen molar-refractivity contribution in [2.45, 2.75) is 44.8 Å². The van der Waals surface area contributed by atoms with Gasteiger partial charge in [-0.2, -0.15) is 0 Å². The Morgan fingerprint density at radius 3 is 2.59 bits per heavy atom. The first kappa shape index (κ1) is 19.5. The Bertz CT molecular complexity index is 859. The van der Waals surface area contributed by atoms with Crippen molar-refractivity contribution >= 4 is 11.6 Å². The van der Waals surface area contributed by atoms with Gasteiger partial charge < -0.3 is 14.5 Å². The van der Waals surface area contributed by atoms with Crippen LogP contribution in [-0.4, -0.2) is 36.3 Å². The van der Waals surface area contributed by atoms with E-state index in [1.165, 1.54) is 0 Å². The van der Waals surface area contributed by atoms with Gasteiger partial charge in [0.1, 0.15) is 5.75 Å². The van der Waals surface area contributed by atoms with Crippen molar-refractivity contribution in [3.63, 3.8) is 0 Å². The fraction of sp³-hybridized carbons (Fsp3) is 0.417. The molecule has 5 nitrogen and oxygen atoms in total. The molecule has 1 heterocycles. The zero-order valence-electron chi connectivity index (χ0n) is 16.9. The normalized spacial score (nSPS) is 18.9. The number of carbonyl (C=O) groups is 1. The highest BCUT2D eigenvalue weighted by Gasteiger charge is 2.32. The molecule has 1 unspecified atom stereocenters. The van der Waals surface area contributed by atoms with Crippen LogP contribution in [0.1, 0.15) is 43.2 Å². The summed E-state index contributed by atoms with van der Waals surface area (Å²) in [5.41, 5.74) is 2.97. The Hall–Kier alpha value is -2.82. The molecule has 5 heteroatoms. The molecule has 2 aliphatic rings. The zero-order chi connectivity index (χ0) is 20.1. The van der Waals surface area contributed by atoms with Crippen LogP contribution in [0.3, 0.4) is 0 Å². The van der Waals surface area contributed by atoms with E-state index in [0.717, 1.165) is 48.3 Å². The largest absolute Gasteiger partial charge is 0.496 e. The summed E-state index contributed by atoms with van der Waals surface area (Å²) < 4.78 is 5.46. The van der Waals surface area contributed by atoms with Gasteiger partial charge >= 0.3 is 0 Å². The van der Waals surface area contributed by atoms with E-state index in [1.54, 1.807) is 7.11 Å². The van der Waals surface area contributed by atoms with E-state index >= 15 is 0 Å². The molecule has 1 atom stereocenters. The van der Waals surface area contributed by atoms with E-state index in [2.05, 4.69) is 17.3 Å². The molecule has 0 N–H and O–H groups in total. The van der Waals surface area contributed by atoms with Gasteiger partial charge in [0.05, 0.1) is 19.4 Å². The number of hydrogen-bond donors (Lipinski definition) is 0. The summed E-state index contributed by atoms with van der Waals surface area (Å²) in [5.74, 6) is 1.19. The second kappa shape index (κ2) is 9.12. The number of nitrogens with zero attached hydrogens (tertiary/aromatic N) is 2. The minimum absolute atomic E-state index is 0.135. The van der Waals surface area contributed by atoms with Gasteiger partial charge in [-0.15, -0.1) is 0 Å². The van der Waals surface area contributed by atoms with Crippen molar-refractivity contribution in [1.29, 1.82) is 0 Å². The number of amides is 1. The summed E-state index contributed by atoms with van der Waals surface area (Å²) >= 11 is 0. The lowest BCUT2D eigenvalue weighted by Gasteiger charge is -2.27. The van der Waals surface area contributed by atoms with E-state index in [4.69, 9.17) is 9.57 Å². The summed E-state index contributed by atoms with van der Waals surface area (Å²) in [4.78, 5) is 20.9. The Balaban J connectivity index is 1.46. The van der Waals surface area contributed by atoms with Gasteiger partial charge in [-0.3, -0.25) is 4.79 Å². The third-order valence-electron chi connectivity index (χ3n) is 5.81. The van der Waals surface area contributed by atoms with E-state index in [0.29, 0.717) is 19.5 Å². The molecule has 1 amide bonds. The Labute approximate surface area is 172 Å². The molecule has 2 aromatic rings. The molecule has 0 saturated heterocycles. The molecule has 1 saturated carbocycles. The molecule has 0 aromatic heterocycles. The molecule has 4 rings (SSSR count). The van der Waals surface area contributed by atoms with Crippen molar-refractivity contribution in [2.24, 2.45) is 11.1 Å². The maximum absolute atomic E-state index is 13.2. The lowest BCUT2D eigenvalue weighted by atomic mass is 10.0. The van der Waals surface area contributed by atoms with Crippen LogP contribution in [0.15, 0.2) is 59.8 Å². The molecule has 29 heavy (non-hydrogen) atoms. The molecule has 0 spiro atoms. The van der Waals surface area contributed by atoms with Crippen LogP contribution in [0.4, 0.5) is 0 Å². The lowest BCUT2D eigenvalue weighted by Crippen LogP contribution is -2.40. The Morgan fingerprint density at radius 1 is 1.10 bits per heavy atom. The summed E-state index contributed by atoms with van der Waals surface area (Å²) in [6.07, 6.45) is 4.83. The fourth-order valence-corrected chi connectivity index (χ4v) is 4.28. The monoisotopic (exact) mass is 392 g/mol. The highest BCUT2D eigenvalue weighted by Crippen LogP contribution is 2.29. The summed E-state index contributed by atoms with van der Waals surface area (Å²) in [5, 5.41) is 4.31. The predicted molar refractivity (Wildman–Crippen MR) is 113 cm³/mol. The Morgan fingerprint density at radius 2 is 1.83 bits per heavy atom. The minimum atomic E-state index is -0.135. The molecule has 152 valence electrons. The maximum Gasteiger partial charge on any atom is 0.226 e. The first-order valence-electron chi connectivity index (χ1n) is 10.4. The standard InChI is InChI=1S/C24H28N2O3/c1-28-23-14-8-7-13-21(23)22-15-20(29-25-22)17-26(16-18-9-3-2-4-10-18)24(27)19-11-5-6-12-19/h2-4,7-10,13-14,19-20H,5-6,11-12,15-17H2,1H3. The van der Waals surface area contributed by atoms with Crippen molar-refractivity contribution in [2.75, 3.05) is 13.7 Å². The number of para-hydroxylation sites is 1. The van der Waals surface area contributed by atoms with E-state index in [1.807, 2.05) is 47.4 Å². The molecular formula is C24H28N2O3. The molecule has 1 aliphatic carbocycles. The van der Waals surface area contributed by atoms with Gasteiger partial charge in [-0.25, -0.2) is 0 Å². The van der Waals surface area contributed by atoms with Crippen LogP contribution in [0.2, 0.25) is 0 Å². The second-order valence-electron chi connectivity index (χ2n) is 7.86. The third-order valence-corrected chi connectivity index (χ3v) is 5.81. The molecular weight excluding hydrogens is 364 g/mol. The van der Waals surface area contributed by atoms with Crippen molar-refractivity contribution in [3.05, 3.63) is 65.7 Å². The van der Waals surface area contributed by atoms with Crippen LogP contribution in [0.25, 0.3) is 0 Å². The molecule has 0 bridgehead atoms. The summed E-state index contributed by atoms with van der Waals surface area (Å²) in [6.45, 7) is 1.16. The zero-order valence-corrected chi connectivity index (χ0v) is 16.9. The first-order valence-corrected chi connectivity index (χ1v) is 10.4. The van der Waals surface area contributed by atoms with Crippen molar-refractivity contribution in [3.8, 4) is 5.75 Å². The second-order valence-corrected chi connectivity index (χ2v) is 7.86. The van der Waals surface area contributed by atoms with Gasteiger partial charge in [0, 0.05) is 24.4 Å². The SMILES string of the molecule is COc1ccccc1C1=NOC(CN(Cc2ccccc2)C(=O)C2CCCC2)C1. The number of benzene rings is 2. The smallest absolute Gasteiger partial charge is 0.226 e. The van der Waals surface area contributed by atoms with Gasteiger partial charge in [0.2, 0.25) is 5.91 Å². The van der Waals surface area contributed by atoms with Crippen LogP contribution in [-0.2, 0) is 16.2 Å². The van der Waals surface area contributed by atoms with Gasteiger partial charge in [-0.05, 0) is 30.5 Å². The Kier molecular flexibility index (Phi) is 6.13. The third kappa shape index (κ3) is 4.61. The maximum atomic E-state index is 13.2. The number of hydrogen-bond acceptors (Lipinski definition) is 4. The predicted octanol–water partition coefficient (Wildman–Crippen LogP) is 4.41. The molecule has 0 radical (unpaired) electrons. The van der Waals surface area contributed by atoms with Crippen LogP contribution < -0.4 is 4.74 Å². The fourth-order valence-electron chi connectivity index (χ4n) is 4.28. The number of carbonyl (C=O) groups excluding carboxylic acids is 1. The van der Waals surface area contributed by atoms with Crippen molar-refractivity contribution in [1.82, 2.24) is 4.90 Å². The molecule has 2 aromatic carbocycles. The van der Waals surface area contributed by atoms with Crippen molar-refractivity contribution < 1.29 is 14.4 Å². The number of rotatable bonds is 7. The lowest BCUT2D eigenvalue weighted by molar-refractivity contribution is -0.137. The van der Waals surface area contributed by atoms with Gasteiger partial charge in [0.25, 0.3) is 0 Å². The quantitative estimate of drug-likeness (QED) is 0.701. The average molecular weight is 392 g/mol. The van der Waals surface area contributed by atoms with E-state index in [9.17, 15) is 4.79 Å². The summed E-state index contributed by atoms with van der Waals surface area (Å²) in [6, 6.07) is 18.0. The highest BCUT2D eigenvalue weighted by atomic mass is 16.6. The van der Waals surface area contributed by atoms with Crippen LogP contribution in [0.5, 0.6) is 5.75 Å². The average Bonchev–Trinajstić information content (AvgIpc) is 3.46. The van der Waals surface area contributed by atoms with E-state index in [-0.39, 0.29) is 17.9 Å². The number of oxime groups is 1. The molecule has 1 aliphatic heterocycles. The number of ether oxygens (including phenoxy) is 1. The minimum Gasteiger partial charge on any atom is -0.496 e.